The highest BCUT2D eigenvalue weighted by atomic mass is 32.2. The first-order valence-electron chi connectivity index (χ1n) is 3.77. The zero-order valence-electron chi connectivity index (χ0n) is 7.26. The highest BCUT2D eigenvalue weighted by Crippen LogP contribution is 2.07. The molecule has 0 aromatic rings. The summed E-state index contributed by atoms with van der Waals surface area (Å²) in [6.45, 7) is 0.511. The number of sulfonamides is 1. The maximum atomic E-state index is 11.1. The van der Waals surface area contributed by atoms with Crippen molar-refractivity contribution in [1.29, 1.82) is 0 Å². The van der Waals surface area contributed by atoms with Crippen LogP contribution >= 0.6 is 0 Å². The third kappa shape index (κ3) is 2.64. The standard InChI is InChI=1S/C6H12N2O4S/c1-13(10,11)8-2-3-12-5(4-8)6(7)9/h5H,2-4H2,1H3,(H2,7,9). The predicted octanol–water partition coefficient (Wildman–Crippen LogP) is -1.87. The lowest BCUT2D eigenvalue weighted by molar-refractivity contribution is -0.132. The van der Waals surface area contributed by atoms with Crippen molar-refractivity contribution in [1.82, 2.24) is 4.31 Å². The van der Waals surface area contributed by atoms with Gasteiger partial charge in [0.15, 0.2) is 0 Å². The van der Waals surface area contributed by atoms with Gasteiger partial charge in [0.05, 0.1) is 12.9 Å². The van der Waals surface area contributed by atoms with Crippen LogP contribution in [-0.4, -0.2) is 50.7 Å². The van der Waals surface area contributed by atoms with E-state index >= 15 is 0 Å². The molecular formula is C6H12N2O4S. The molecule has 1 aliphatic rings. The maximum Gasteiger partial charge on any atom is 0.247 e. The lowest BCUT2D eigenvalue weighted by Gasteiger charge is -2.29. The molecule has 1 heterocycles. The summed E-state index contributed by atoms with van der Waals surface area (Å²) in [7, 11) is -3.25. The average molecular weight is 208 g/mol. The van der Waals surface area contributed by atoms with E-state index in [1.54, 1.807) is 0 Å². The summed E-state index contributed by atoms with van der Waals surface area (Å²) >= 11 is 0. The normalized spacial score (nSPS) is 25.8. The van der Waals surface area contributed by atoms with Crippen molar-refractivity contribution in [2.75, 3.05) is 26.0 Å². The van der Waals surface area contributed by atoms with E-state index in [1.807, 2.05) is 0 Å². The van der Waals surface area contributed by atoms with Crippen molar-refractivity contribution in [3.8, 4) is 0 Å². The van der Waals surface area contributed by atoms with E-state index in [4.69, 9.17) is 10.5 Å². The zero-order valence-corrected chi connectivity index (χ0v) is 8.08. The molecule has 1 atom stereocenters. The minimum Gasteiger partial charge on any atom is -0.367 e. The van der Waals surface area contributed by atoms with E-state index < -0.39 is 22.0 Å². The van der Waals surface area contributed by atoms with Gasteiger partial charge in [-0.25, -0.2) is 8.42 Å². The summed E-state index contributed by atoms with van der Waals surface area (Å²) in [6, 6.07) is 0. The minimum absolute atomic E-state index is 0.0220. The smallest absolute Gasteiger partial charge is 0.247 e. The molecule has 1 unspecified atom stereocenters. The molecule has 0 aromatic carbocycles. The molecule has 7 heteroatoms. The van der Waals surface area contributed by atoms with Gasteiger partial charge < -0.3 is 10.5 Å². The van der Waals surface area contributed by atoms with Crippen LogP contribution < -0.4 is 5.73 Å². The quantitative estimate of drug-likeness (QED) is 0.575. The third-order valence-electron chi connectivity index (χ3n) is 1.82. The summed E-state index contributed by atoms with van der Waals surface area (Å²) in [5.74, 6) is -0.631. The fourth-order valence-corrected chi connectivity index (χ4v) is 1.91. The van der Waals surface area contributed by atoms with Crippen LogP contribution in [0.3, 0.4) is 0 Å². The van der Waals surface area contributed by atoms with Crippen molar-refractivity contribution >= 4 is 15.9 Å². The van der Waals surface area contributed by atoms with Crippen LogP contribution in [-0.2, 0) is 19.6 Å². The predicted molar refractivity (Wildman–Crippen MR) is 45.4 cm³/mol. The Kier molecular flexibility index (Phi) is 2.89. The molecule has 76 valence electrons. The number of nitrogens with zero attached hydrogens (tertiary/aromatic N) is 1. The highest BCUT2D eigenvalue weighted by Gasteiger charge is 2.29. The van der Waals surface area contributed by atoms with Crippen molar-refractivity contribution in [2.24, 2.45) is 5.73 Å². The Morgan fingerprint density at radius 2 is 2.23 bits per heavy atom. The number of primary amides is 1. The number of morpholine rings is 1. The molecule has 0 saturated carbocycles. The first kappa shape index (κ1) is 10.4. The number of hydrogen-bond donors (Lipinski definition) is 1. The second kappa shape index (κ2) is 3.60. The largest absolute Gasteiger partial charge is 0.367 e. The Labute approximate surface area is 76.7 Å². The fraction of sp³-hybridized carbons (Fsp3) is 0.833. The zero-order chi connectivity index (χ0) is 10.1. The van der Waals surface area contributed by atoms with Crippen molar-refractivity contribution in [2.45, 2.75) is 6.10 Å². The summed E-state index contributed by atoms with van der Waals surface area (Å²) in [6.07, 6.45) is 0.277. The minimum atomic E-state index is -3.25. The van der Waals surface area contributed by atoms with E-state index in [2.05, 4.69) is 0 Å². The lowest BCUT2D eigenvalue weighted by atomic mass is 10.3. The van der Waals surface area contributed by atoms with Crippen LogP contribution in [0.1, 0.15) is 0 Å². The maximum absolute atomic E-state index is 11.1. The summed E-state index contributed by atoms with van der Waals surface area (Å²) in [5.41, 5.74) is 4.99. The van der Waals surface area contributed by atoms with Gasteiger partial charge in [-0.15, -0.1) is 0 Å². The van der Waals surface area contributed by atoms with Gasteiger partial charge in [0, 0.05) is 13.1 Å². The van der Waals surface area contributed by atoms with Gasteiger partial charge in [0.25, 0.3) is 0 Å². The van der Waals surface area contributed by atoms with Gasteiger partial charge >= 0.3 is 0 Å². The third-order valence-corrected chi connectivity index (χ3v) is 3.09. The van der Waals surface area contributed by atoms with E-state index in [9.17, 15) is 13.2 Å². The lowest BCUT2D eigenvalue weighted by Crippen LogP contribution is -2.50. The van der Waals surface area contributed by atoms with Crippen molar-refractivity contribution < 1.29 is 17.9 Å². The molecule has 1 aliphatic heterocycles. The molecule has 0 bridgehead atoms. The number of nitrogens with two attached hydrogens (primary N) is 1. The summed E-state index contributed by atoms with van der Waals surface area (Å²) < 4.78 is 28.3. The van der Waals surface area contributed by atoms with Gasteiger partial charge in [-0.1, -0.05) is 0 Å². The Balaban J connectivity index is 2.67. The van der Waals surface area contributed by atoms with Crippen LogP contribution in [0.2, 0.25) is 0 Å². The fourth-order valence-electron chi connectivity index (χ4n) is 1.10. The molecule has 13 heavy (non-hydrogen) atoms. The number of ether oxygens (including phenoxy) is 1. The van der Waals surface area contributed by atoms with Crippen LogP contribution in [0.4, 0.5) is 0 Å². The monoisotopic (exact) mass is 208 g/mol. The molecule has 0 aromatic heterocycles. The van der Waals surface area contributed by atoms with Gasteiger partial charge in [0.2, 0.25) is 15.9 Å². The van der Waals surface area contributed by atoms with Crippen LogP contribution in [0.15, 0.2) is 0 Å². The van der Waals surface area contributed by atoms with Gasteiger partial charge in [-0.3, -0.25) is 4.79 Å². The molecule has 1 saturated heterocycles. The highest BCUT2D eigenvalue weighted by molar-refractivity contribution is 7.88. The van der Waals surface area contributed by atoms with E-state index in [0.717, 1.165) is 6.26 Å². The van der Waals surface area contributed by atoms with E-state index in [-0.39, 0.29) is 19.7 Å². The number of hydrogen-bond acceptors (Lipinski definition) is 4. The first-order valence-corrected chi connectivity index (χ1v) is 5.62. The van der Waals surface area contributed by atoms with Crippen molar-refractivity contribution in [3.05, 3.63) is 0 Å². The molecule has 0 radical (unpaired) electrons. The van der Waals surface area contributed by atoms with Gasteiger partial charge in [-0.2, -0.15) is 4.31 Å². The van der Waals surface area contributed by atoms with Crippen LogP contribution in [0.5, 0.6) is 0 Å². The molecule has 1 amide bonds. The second-order valence-electron chi connectivity index (χ2n) is 2.88. The molecule has 2 N–H and O–H groups in total. The Hall–Kier alpha value is -0.660. The molecule has 6 nitrogen and oxygen atoms in total. The van der Waals surface area contributed by atoms with Crippen LogP contribution in [0.25, 0.3) is 0 Å². The Morgan fingerprint density at radius 3 is 2.69 bits per heavy atom. The molecule has 1 rings (SSSR count). The number of rotatable bonds is 2. The topological polar surface area (TPSA) is 89.7 Å². The number of carbonyl (C=O) groups excluding carboxylic acids is 1. The Bertz CT molecular complexity index is 300. The van der Waals surface area contributed by atoms with Crippen LogP contribution in [0, 0.1) is 0 Å². The van der Waals surface area contributed by atoms with Gasteiger partial charge in [-0.05, 0) is 0 Å². The molecule has 0 spiro atoms. The first-order chi connectivity index (χ1) is 5.91. The average Bonchev–Trinajstić information content (AvgIpc) is 2.03. The van der Waals surface area contributed by atoms with E-state index in [1.165, 1.54) is 4.31 Å². The number of carbonyl (C=O) groups is 1. The van der Waals surface area contributed by atoms with Crippen molar-refractivity contribution in [3.63, 3.8) is 0 Å². The summed E-state index contributed by atoms with van der Waals surface area (Å²) in [5, 5.41) is 0. The molecule has 1 fully saturated rings. The Morgan fingerprint density at radius 1 is 1.62 bits per heavy atom. The van der Waals surface area contributed by atoms with Gasteiger partial charge in [0.1, 0.15) is 6.10 Å². The molecule has 0 aliphatic carbocycles. The van der Waals surface area contributed by atoms with E-state index in [0.29, 0.717) is 0 Å². The number of amides is 1. The second-order valence-corrected chi connectivity index (χ2v) is 4.87. The molecular weight excluding hydrogens is 196 g/mol. The SMILES string of the molecule is CS(=O)(=O)N1CCOC(C(N)=O)C1. The summed E-state index contributed by atoms with van der Waals surface area (Å²) in [4.78, 5) is 10.7.